The van der Waals surface area contributed by atoms with Crippen LogP contribution in [0.3, 0.4) is 0 Å². The maximum atomic E-state index is 11.4. The van der Waals surface area contributed by atoms with E-state index in [9.17, 15) is 4.79 Å². The van der Waals surface area contributed by atoms with E-state index in [4.69, 9.17) is 10.5 Å². The van der Waals surface area contributed by atoms with Crippen molar-refractivity contribution in [1.29, 1.82) is 0 Å². The van der Waals surface area contributed by atoms with Crippen LogP contribution in [0.1, 0.15) is 17.3 Å². The number of fused-ring (bicyclic) bond motifs is 1. The molecule has 0 spiro atoms. The number of nitrogens with one attached hydrogen (secondary N) is 1. The Balaban J connectivity index is 2.43. The van der Waals surface area contributed by atoms with Crippen molar-refractivity contribution in [1.82, 2.24) is 10.2 Å². The standard InChI is InChI=1S/C10H11N3O2/c1-2-15-10(14)6-3-4-7-8(5-6)12-13-9(7)11/h3-5H,2H2,1H3,(H3,11,12,13). The van der Waals surface area contributed by atoms with Gasteiger partial charge in [-0.3, -0.25) is 5.10 Å². The van der Waals surface area contributed by atoms with Crippen LogP contribution in [0.5, 0.6) is 0 Å². The van der Waals surface area contributed by atoms with Gasteiger partial charge in [0.15, 0.2) is 5.82 Å². The number of carbonyl (C=O) groups is 1. The Labute approximate surface area is 86.2 Å². The van der Waals surface area contributed by atoms with Gasteiger partial charge in [0.2, 0.25) is 0 Å². The molecule has 0 atom stereocenters. The molecule has 2 rings (SSSR count). The molecule has 78 valence electrons. The quantitative estimate of drug-likeness (QED) is 0.724. The minimum Gasteiger partial charge on any atom is -0.462 e. The van der Waals surface area contributed by atoms with E-state index >= 15 is 0 Å². The van der Waals surface area contributed by atoms with E-state index in [1.807, 2.05) is 0 Å². The highest BCUT2D eigenvalue weighted by Gasteiger charge is 2.09. The fourth-order valence-corrected chi connectivity index (χ4v) is 1.38. The van der Waals surface area contributed by atoms with E-state index in [-0.39, 0.29) is 5.97 Å². The minimum atomic E-state index is -0.340. The van der Waals surface area contributed by atoms with Crippen LogP contribution in [0.2, 0.25) is 0 Å². The third kappa shape index (κ3) is 1.63. The number of anilines is 1. The molecular formula is C10H11N3O2. The van der Waals surface area contributed by atoms with Gasteiger partial charge in [0, 0.05) is 5.39 Å². The number of esters is 1. The van der Waals surface area contributed by atoms with Gasteiger partial charge in [-0.15, -0.1) is 0 Å². The lowest BCUT2D eigenvalue weighted by Crippen LogP contribution is -2.04. The predicted octanol–water partition coefficient (Wildman–Crippen LogP) is 1.32. The van der Waals surface area contributed by atoms with Gasteiger partial charge in [-0.1, -0.05) is 0 Å². The van der Waals surface area contributed by atoms with Crippen LogP contribution < -0.4 is 5.73 Å². The van der Waals surface area contributed by atoms with Gasteiger partial charge >= 0.3 is 5.97 Å². The Morgan fingerprint density at radius 1 is 1.60 bits per heavy atom. The number of hydrogen-bond donors (Lipinski definition) is 2. The van der Waals surface area contributed by atoms with E-state index in [1.165, 1.54) is 0 Å². The zero-order valence-corrected chi connectivity index (χ0v) is 8.28. The number of nitrogen functional groups attached to an aromatic ring is 1. The van der Waals surface area contributed by atoms with Crippen LogP contribution in [0.15, 0.2) is 18.2 Å². The van der Waals surface area contributed by atoms with Crippen molar-refractivity contribution in [2.75, 3.05) is 12.3 Å². The van der Waals surface area contributed by atoms with Crippen LogP contribution in [-0.2, 0) is 4.74 Å². The molecule has 5 nitrogen and oxygen atoms in total. The Morgan fingerprint density at radius 2 is 2.40 bits per heavy atom. The molecule has 3 N–H and O–H groups in total. The molecule has 0 radical (unpaired) electrons. The van der Waals surface area contributed by atoms with E-state index < -0.39 is 0 Å². The molecule has 0 bridgehead atoms. The summed E-state index contributed by atoms with van der Waals surface area (Å²) in [4.78, 5) is 11.4. The molecule has 0 aliphatic heterocycles. The van der Waals surface area contributed by atoms with Crippen molar-refractivity contribution in [2.24, 2.45) is 0 Å². The summed E-state index contributed by atoms with van der Waals surface area (Å²) in [5.41, 5.74) is 6.83. The monoisotopic (exact) mass is 205 g/mol. The minimum absolute atomic E-state index is 0.340. The molecule has 0 saturated carbocycles. The summed E-state index contributed by atoms with van der Waals surface area (Å²) in [6.45, 7) is 2.13. The summed E-state index contributed by atoms with van der Waals surface area (Å²) in [6, 6.07) is 5.10. The predicted molar refractivity (Wildman–Crippen MR) is 56.5 cm³/mol. The zero-order chi connectivity index (χ0) is 10.8. The summed E-state index contributed by atoms with van der Waals surface area (Å²) in [7, 11) is 0. The maximum Gasteiger partial charge on any atom is 0.338 e. The Hall–Kier alpha value is -2.04. The molecular weight excluding hydrogens is 194 g/mol. The Morgan fingerprint density at radius 3 is 3.13 bits per heavy atom. The number of aromatic amines is 1. The highest BCUT2D eigenvalue weighted by Crippen LogP contribution is 2.19. The molecule has 1 heterocycles. The van der Waals surface area contributed by atoms with Crippen molar-refractivity contribution in [2.45, 2.75) is 6.92 Å². The molecule has 0 saturated heterocycles. The Kier molecular flexibility index (Phi) is 2.29. The molecule has 0 fully saturated rings. The average molecular weight is 205 g/mol. The highest BCUT2D eigenvalue weighted by molar-refractivity contribution is 5.97. The van der Waals surface area contributed by atoms with Crippen LogP contribution >= 0.6 is 0 Å². The summed E-state index contributed by atoms with van der Waals surface area (Å²) in [5.74, 6) is 0.0907. The molecule has 15 heavy (non-hydrogen) atoms. The third-order valence-electron chi connectivity index (χ3n) is 2.10. The van der Waals surface area contributed by atoms with Crippen molar-refractivity contribution in [3.8, 4) is 0 Å². The number of nitrogens with zero attached hydrogens (tertiary/aromatic N) is 1. The fraction of sp³-hybridized carbons (Fsp3) is 0.200. The summed E-state index contributed by atoms with van der Waals surface area (Å²) < 4.78 is 4.88. The summed E-state index contributed by atoms with van der Waals surface area (Å²) >= 11 is 0. The molecule has 0 aliphatic rings. The molecule has 5 heteroatoms. The smallest absolute Gasteiger partial charge is 0.338 e. The third-order valence-corrected chi connectivity index (χ3v) is 2.10. The van der Waals surface area contributed by atoms with Crippen LogP contribution in [0.25, 0.3) is 10.9 Å². The first-order valence-corrected chi connectivity index (χ1v) is 4.63. The van der Waals surface area contributed by atoms with Gasteiger partial charge < -0.3 is 10.5 Å². The summed E-state index contributed by atoms with van der Waals surface area (Å²) in [6.07, 6.45) is 0. The second kappa shape index (κ2) is 3.61. The number of carbonyl (C=O) groups excluding carboxylic acids is 1. The maximum absolute atomic E-state index is 11.4. The van der Waals surface area contributed by atoms with Crippen LogP contribution in [0.4, 0.5) is 5.82 Å². The zero-order valence-electron chi connectivity index (χ0n) is 8.28. The van der Waals surface area contributed by atoms with Crippen molar-refractivity contribution < 1.29 is 9.53 Å². The number of H-pyrrole nitrogens is 1. The van der Waals surface area contributed by atoms with Gasteiger partial charge in [-0.2, -0.15) is 5.10 Å². The molecule has 1 aromatic carbocycles. The van der Waals surface area contributed by atoms with E-state index in [1.54, 1.807) is 25.1 Å². The lowest BCUT2D eigenvalue weighted by atomic mass is 10.1. The Bertz CT molecular complexity index is 504. The van der Waals surface area contributed by atoms with Gasteiger partial charge in [0.05, 0.1) is 17.7 Å². The molecule has 0 amide bonds. The molecule has 1 aromatic heterocycles. The van der Waals surface area contributed by atoms with Crippen LogP contribution in [-0.4, -0.2) is 22.8 Å². The normalized spacial score (nSPS) is 10.5. The average Bonchev–Trinajstić information content (AvgIpc) is 2.60. The molecule has 0 aliphatic carbocycles. The van der Waals surface area contributed by atoms with Crippen molar-refractivity contribution in [3.05, 3.63) is 23.8 Å². The lowest BCUT2D eigenvalue weighted by molar-refractivity contribution is 0.0526. The topological polar surface area (TPSA) is 81.0 Å². The van der Waals surface area contributed by atoms with Crippen molar-refractivity contribution >= 4 is 22.7 Å². The summed E-state index contributed by atoms with van der Waals surface area (Å²) in [5, 5.41) is 7.39. The highest BCUT2D eigenvalue weighted by atomic mass is 16.5. The molecule has 0 unspecified atom stereocenters. The number of benzene rings is 1. The molecule has 2 aromatic rings. The van der Waals surface area contributed by atoms with Crippen LogP contribution in [0, 0.1) is 0 Å². The van der Waals surface area contributed by atoms with E-state index in [2.05, 4.69) is 10.2 Å². The second-order valence-corrected chi connectivity index (χ2v) is 3.09. The van der Waals surface area contributed by atoms with Gasteiger partial charge in [-0.05, 0) is 25.1 Å². The van der Waals surface area contributed by atoms with Gasteiger partial charge in [-0.25, -0.2) is 4.79 Å². The van der Waals surface area contributed by atoms with Gasteiger partial charge in [0.1, 0.15) is 0 Å². The van der Waals surface area contributed by atoms with E-state index in [0.717, 1.165) is 10.9 Å². The number of rotatable bonds is 2. The number of ether oxygens (including phenoxy) is 1. The lowest BCUT2D eigenvalue weighted by Gasteiger charge is -2.00. The first-order valence-electron chi connectivity index (χ1n) is 4.63. The first kappa shape index (κ1) is 9.51. The number of nitrogens with two attached hydrogens (primary N) is 1. The van der Waals surface area contributed by atoms with Gasteiger partial charge in [0.25, 0.3) is 0 Å². The van der Waals surface area contributed by atoms with E-state index in [0.29, 0.717) is 18.0 Å². The number of aromatic nitrogens is 2. The first-order chi connectivity index (χ1) is 7.22. The SMILES string of the molecule is CCOC(=O)c1ccc2c(N)n[nH]c2c1. The second-order valence-electron chi connectivity index (χ2n) is 3.09. The fourth-order valence-electron chi connectivity index (χ4n) is 1.38. The largest absolute Gasteiger partial charge is 0.462 e. The van der Waals surface area contributed by atoms with Crippen molar-refractivity contribution in [3.63, 3.8) is 0 Å². The number of hydrogen-bond acceptors (Lipinski definition) is 4.